The number of thiophene rings is 2. The average Bonchev–Trinajstić information content (AvgIpc) is 3.27. The Bertz CT molecular complexity index is 788. The zero-order valence-corrected chi connectivity index (χ0v) is 15.9. The van der Waals surface area contributed by atoms with Gasteiger partial charge in [0.25, 0.3) is 15.9 Å². The summed E-state index contributed by atoms with van der Waals surface area (Å²) >= 11 is 2.84. The van der Waals surface area contributed by atoms with Crippen molar-refractivity contribution in [2.45, 2.75) is 24.0 Å². The predicted octanol–water partition coefficient (Wildman–Crippen LogP) is 2.91. The summed E-state index contributed by atoms with van der Waals surface area (Å²) < 4.78 is 26.8. The predicted molar refractivity (Wildman–Crippen MR) is 97.3 cm³/mol. The molecule has 0 spiro atoms. The molecule has 0 atom stereocenters. The minimum absolute atomic E-state index is 0.00164. The number of carbonyl (C=O) groups is 1. The fourth-order valence-electron chi connectivity index (χ4n) is 2.72. The minimum Gasteiger partial charge on any atom is -0.336 e. The summed E-state index contributed by atoms with van der Waals surface area (Å²) in [6.07, 6.45) is 2.05. The lowest BCUT2D eigenvalue weighted by Gasteiger charge is -2.33. The third-order valence-electron chi connectivity index (χ3n) is 4.01. The van der Waals surface area contributed by atoms with E-state index < -0.39 is 10.0 Å². The largest absolute Gasteiger partial charge is 0.336 e. The summed E-state index contributed by atoms with van der Waals surface area (Å²) in [6, 6.07) is 5.32. The molecule has 0 aromatic carbocycles. The summed E-state index contributed by atoms with van der Waals surface area (Å²) in [5.74, 6) is 0.00164. The molecule has 0 unspecified atom stereocenters. The van der Waals surface area contributed by atoms with Crippen LogP contribution in [0.3, 0.4) is 0 Å². The van der Waals surface area contributed by atoms with Crippen molar-refractivity contribution in [1.82, 2.24) is 9.21 Å². The molecule has 2 aromatic heterocycles. The van der Waals surface area contributed by atoms with Crippen molar-refractivity contribution in [3.05, 3.63) is 39.4 Å². The van der Waals surface area contributed by atoms with E-state index in [9.17, 15) is 13.2 Å². The second-order valence-corrected chi connectivity index (χ2v) is 9.79. The number of carbonyl (C=O) groups excluding carboxylic acids is 1. The summed E-state index contributed by atoms with van der Waals surface area (Å²) in [7, 11) is -3.42. The minimum atomic E-state index is -3.42. The maximum Gasteiger partial charge on any atom is 0.254 e. The molecule has 24 heavy (non-hydrogen) atoms. The van der Waals surface area contributed by atoms with Crippen LogP contribution in [0, 0.1) is 0 Å². The fraction of sp³-hybridized carbons (Fsp3) is 0.438. The summed E-state index contributed by atoms with van der Waals surface area (Å²) in [5, 5.41) is 3.67. The van der Waals surface area contributed by atoms with Gasteiger partial charge in [-0.3, -0.25) is 4.79 Å². The van der Waals surface area contributed by atoms with Crippen LogP contribution in [0.5, 0.6) is 0 Å². The van der Waals surface area contributed by atoms with Crippen LogP contribution in [-0.4, -0.2) is 49.7 Å². The van der Waals surface area contributed by atoms with Gasteiger partial charge in [0.2, 0.25) is 0 Å². The lowest BCUT2D eigenvalue weighted by molar-refractivity contribution is 0.0698. The van der Waals surface area contributed by atoms with Crippen LogP contribution in [-0.2, 0) is 16.4 Å². The van der Waals surface area contributed by atoms with Gasteiger partial charge < -0.3 is 4.90 Å². The fourth-order valence-corrected chi connectivity index (χ4v) is 6.25. The van der Waals surface area contributed by atoms with Crippen LogP contribution in [0.15, 0.2) is 33.2 Å². The Kier molecular flexibility index (Phi) is 5.39. The summed E-state index contributed by atoms with van der Waals surface area (Å²) in [5.41, 5.74) is 0.720. The van der Waals surface area contributed by atoms with Gasteiger partial charge in [0, 0.05) is 36.4 Å². The van der Waals surface area contributed by atoms with Crippen LogP contribution >= 0.6 is 22.7 Å². The first-order valence-electron chi connectivity index (χ1n) is 7.92. The van der Waals surface area contributed by atoms with E-state index in [0.717, 1.165) is 18.4 Å². The third kappa shape index (κ3) is 3.56. The second kappa shape index (κ2) is 7.35. The molecule has 0 aliphatic carbocycles. The maximum absolute atomic E-state index is 12.6. The highest BCUT2D eigenvalue weighted by Crippen LogP contribution is 2.23. The van der Waals surface area contributed by atoms with Gasteiger partial charge in [-0.2, -0.15) is 4.31 Å². The first-order valence-corrected chi connectivity index (χ1v) is 11.1. The van der Waals surface area contributed by atoms with Crippen LogP contribution in [0.1, 0.15) is 28.6 Å². The normalized spacial score (nSPS) is 16.5. The van der Waals surface area contributed by atoms with Crippen LogP contribution < -0.4 is 0 Å². The number of hydrogen-bond acceptors (Lipinski definition) is 5. The molecule has 5 nitrogen and oxygen atoms in total. The third-order valence-corrected chi connectivity index (χ3v) is 8.28. The van der Waals surface area contributed by atoms with Gasteiger partial charge >= 0.3 is 0 Å². The number of nitrogens with zero attached hydrogens (tertiary/aromatic N) is 2. The molecule has 0 bridgehead atoms. The Hall–Kier alpha value is -1.22. The van der Waals surface area contributed by atoms with E-state index in [1.165, 1.54) is 20.5 Å². The molecule has 8 heteroatoms. The van der Waals surface area contributed by atoms with Gasteiger partial charge in [-0.15, -0.1) is 22.7 Å². The van der Waals surface area contributed by atoms with E-state index in [-0.39, 0.29) is 5.91 Å². The van der Waals surface area contributed by atoms with Crippen molar-refractivity contribution < 1.29 is 13.2 Å². The average molecular weight is 385 g/mol. The van der Waals surface area contributed by atoms with Crippen molar-refractivity contribution in [2.24, 2.45) is 0 Å². The van der Waals surface area contributed by atoms with E-state index in [2.05, 4.69) is 6.92 Å². The molecule has 1 fully saturated rings. The smallest absolute Gasteiger partial charge is 0.254 e. The Morgan fingerprint density at radius 2 is 1.96 bits per heavy atom. The van der Waals surface area contributed by atoms with Gasteiger partial charge in [0.05, 0.1) is 5.56 Å². The molecule has 0 saturated carbocycles. The number of sulfonamides is 1. The van der Waals surface area contributed by atoms with E-state index in [1.807, 2.05) is 11.4 Å². The highest BCUT2D eigenvalue weighted by molar-refractivity contribution is 7.91. The zero-order chi connectivity index (χ0) is 17.2. The molecule has 2 aromatic rings. The number of piperazine rings is 1. The molecule has 1 saturated heterocycles. The van der Waals surface area contributed by atoms with Crippen LogP contribution in [0.25, 0.3) is 0 Å². The standard InChI is InChI=1S/C16H20N2O3S3/c1-2-4-14-11-13(12-23-14)16(19)17-6-8-18(9-7-17)24(20,21)15-5-3-10-22-15/h3,5,10-12H,2,4,6-9H2,1H3. The molecule has 130 valence electrons. The van der Waals surface area contributed by atoms with Crippen molar-refractivity contribution in [1.29, 1.82) is 0 Å². The molecule has 0 radical (unpaired) electrons. The summed E-state index contributed by atoms with van der Waals surface area (Å²) in [6.45, 7) is 3.68. The van der Waals surface area contributed by atoms with E-state index in [1.54, 1.807) is 33.7 Å². The molecule has 0 N–H and O–H groups in total. The quantitative estimate of drug-likeness (QED) is 0.796. The molecule has 3 heterocycles. The first kappa shape index (κ1) is 17.6. The number of rotatable bonds is 5. The highest BCUT2D eigenvalue weighted by Gasteiger charge is 2.31. The molecule has 3 rings (SSSR count). The summed E-state index contributed by atoms with van der Waals surface area (Å²) in [4.78, 5) is 15.5. The number of aryl methyl sites for hydroxylation is 1. The van der Waals surface area contributed by atoms with E-state index >= 15 is 0 Å². The Labute approximate surface area is 150 Å². The first-order chi connectivity index (χ1) is 11.5. The Morgan fingerprint density at radius 1 is 1.21 bits per heavy atom. The monoisotopic (exact) mass is 384 g/mol. The molecule has 1 amide bonds. The SMILES string of the molecule is CCCc1cc(C(=O)N2CCN(S(=O)(=O)c3cccs3)CC2)cs1. The maximum atomic E-state index is 12.6. The van der Waals surface area contributed by atoms with Gasteiger partial charge in [0.1, 0.15) is 4.21 Å². The van der Waals surface area contributed by atoms with Crippen molar-refractivity contribution in [3.63, 3.8) is 0 Å². The van der Waals surface area contributed by atoms with Gasteiger partial charge in [-0.05, 0) is 23.9 Å². The van der Waals surface area contributed by atoms with Crippen LogP contribution in [0.2, 0.25) is 0 Å². The van der Waals surface area contributed by atoms with E-state index in [0.29, 0.717) is 30.4 Å². The second-order valence-electron chi connectivity index (χ2n) is 5.68. The topological polar surface area (TPSA) is 57.7 Å². The van der Waals surface area contributed by atoms with E-state index in [4.69, 9.17) is 0 Å². The van der Waals surface area contributed by atoms with Crippen molar-refractivity contribution in [2.75, 3.05) is 26.2 Å². The Balaban J connectivity index is 1.63. The number of hydrogen-bond donors (Lipinski definition) is 0. The molecule has 1 aliphatic rings. The van der Waals surface area contributed by atoms with Gasteiger partial charge in [0.15, 0.2) is 0 Å². The van der Waals surface area contributed by atoms with Gasteiger partial charge in [-0.1, -0.05) is 19.4 Å². The molecule has 1 aliphatic heterocycles. The van der Waals surface area contributed by atoms with Crippen molar-refractivity contribution >= 4 is 38.6 Å². The zero-order valence-electron chi connectivity index (χ0n) is 13.5. The molecular formula is C16H20N2O3S3. The highest BCUT2D eigenvalue weighted by atomic mass is 32.2. The lowest BCUT2D eigenvalue weighted by atomic mass is 10.2. The molecular weight excluding hydrogens is 364 g/mol. The lowest BCUT2D eigenvalue weighted by Crippen LogP contribution is -2.50. The van der Waals surface area contributed by atoms with Gasteiger partial charge in [-0.25, -0.2) is 8.42 Å². The Morgan fingerprint density at radius 3 is 2.58 bits per heavy atom. The number of amides is 1. The van der Waals surface area contributed by atoms with Crippen molar-refractivity contribution in [3.8, 4) is 0 Å². The van der Waals surface area contributed by atoms with Crippen LogP contribution in [0.4, 0.5) is 0 Å².